The van der Waals surface area contributed by atoms with Crippen LogP contribution in [0.3, 0.4) is 0 Å². The van der Waals surface area contributed by atoms with E-state index in [4.69, 9.17) is 17.0 Å². The number of nitrogens with one attached hydrogen (secondary N) is 1. The Balaban J connectivity index is 2.26. The van der Waals surface area contributed by atoms with Gasteiger partial charge < -0.3 is 10.0 Å². The summed E-state index contributed by atoms with van der Waals surface area (Å²) in [6.07, 6.45) is -1.46. The minimum Gasteiger partial charge on any atom is -0.391 e. The molecule has 110 valence electrons. The lowest BCUT2D eigenvalue weighted by atomic mass is 10.1. The van der Waals surface area contributed by atoms with Gasteiger partial charge >= 0.3 is 0 Å². The molecule has 0 unspecified atom stereocenters. The first kappa shape index (κ1) is 15.2. The molecule has 2 N–H and O–H groups in total. The zero-order valence-electron chi connectivity index (χ0n) is 10.9. The highest BCUT2D eigenvalue weighted by Crippen LogP contribution is 2.39. The topological polar surface area (TPSA) is 47.3 Å². The standard InChI is InChI=1S/C14H17ClF2N2O/c15-8-12(18)19(9-10-4-2-1-3-5-10)13-11(20)6-7-14(13,16)17/h1-5,11,13,18,20H,6-9H2/t11-,13+/m1/s1. The van der Waals surface area contributed by atoms with Crippen molar-refractivity contribution in [2.75, 3.05) is 5.88 Å². The van der Waals surface area contributed by atoms with Gasteiger partial charge in [0.15, 0.2) is 0 Å². The Morgan fingerprint density at radius 1 is 1.40 bits per heavy atom. The van der Waals surface area contributed by atoms with Crippen LogP contribution in [-0.2, 0) is 6.54 Å². The molecule has 0 saturated heterocycles. The maximum Gasteiger partial charge on any atom is 0.270 e. The first-order chi connectivity index (χ1) is 9.45. The van der Waals surface area contributed by atoms with Crippen molar-refractivity contribution in [1.82, 2.24) is 4.90 Å². The highest BCUT2D eigenvalue weighted by Gasteiger charge is 2.53. The Hall–Kier alpha value is -1.20. The van der Waals surface area contributed by atoms with E-state index in [1.807, 2.05) is 6.07 Å². The van der Waals surface area contributed by atoms with E-state index in [9.17, 15) is 13.9 Å². The van der Waals surface area contributed by atoms with Gasteiger partial charge in [0.25, 0.3) is 5.92 Å². The van der Waals surface area contributed by atoms with Crippen molar-refractivity contribution in [3.8, 4) is 0 Å². The number of nitrogens with zero attached hydrogens (tertiary/aromatic N) is 1. The van der Waals surface area contributed by atoms with Crippen LogP contribution < -0.4 is 0 Å². The summed E-state index contributed by atoms with van der Waals surface area (Å²) in [5.41, 5.74) is 0.803. The molecule has 1 saturated carbocycles. The highest BCUT2D eigenvalue weighted by atomic mass is 35.5. The number of aliphatic hydroxyl groups is 1. The predicted molar refractivity (Wildman–Crippen MR) is 74.4 cm³/mol. The fraction of sp³-hybridized carbons (Fsp3) is 0.500. The summed E-state index contributed by atoms with van der Waals surface area (Å²) in [5.74, 6) is -3.26. The molecular weight excluding hydrogens is 286 g/mol. The van der Waals surface area contributed by atoms with Gasteiger partial charge in [-0.05, 0) is 12.0 Å². The Kier molecular flexibility index (Phi) is 4.60. The summed E-state index contributed by atoms with van der Waals surface area (Å²) in [5, 5.41) is 17.7. The minimum absolute atomic E-state index is 0.0402. The minimum atomic E-state index is -3.01. The summed E-state index contributed by atoms with van der Waals surface area (Å²) in [7, 11) is 0. The van der Waals surface area contributed by atoms with E-state index in [0.717, 1.165) is 5.56 Å². The van der Waals surface area contributed by atoms with E-state index in [0.29, 0.717) is 0 Å². The molecule has 3 nitrogen and oxygen atoms in total. The van der Waals surface area contributed by atoms with E-state index in [2.05, 4.69) is 0 Å². The number of aliphatic hydroxyl groups excluding tert-OH is 1. The van der Waals surface area contributed by atoms with Gasteiger partial charge in [0.05, 0.1) is 12.0 Å². The molecular formula is C14H17ClF2N2O. The zero-order chi connectivity index (χ0) is 14.8. The van der Waals surface area contributed by atoms with E-state index < -0.39 is 18.1 Å². The molecule has 0 heterocycles. The third-order valence-corrected chi connectivity index (χ3v) is 3.83. The smallest absolute Gasteiger partial charge is 0.270 e. The largest absolute Gasteiger partial charge is 0.391 e. The van der Waals surface area contributed by atoms with Crippen LogP contribution >= 0.6 is 11.6 Å². The third kappa shape index (κ3) is 3.10. The van der Waals surface area contributed by atoms with Gasteiger partial charge in [-0.25, -0.2) is 8.78 Å². The van der Waals surface area contributed by atoms with Gasteiger partial charge in [0.1, 0.15) is 11.9 Å². The van der Waals surface area contributed by atoms with Crippen molar-refractivity contribution in [1.29, 1.82) is 5.41 Å². The predicted octanol–water partition coefficient (Wildman–Crippen LogP) is 2.86. The quantitative estimate of drug-likeness (QED) is 0.510. The van der Waals surface area contributed by atoms with Crippen LogP contribution in [0.4, 0.5) is 8.78 Å². The number of hydrogen-bond donors (Lipinski definition) is 2. The molecule has 2 rings (SSSR count). The van der Waals surface area contributed by atoms with Crippen molar-refractivity contribution in [2.24, 2.45) is 0 Å². The molecule has 1 aromatic rings. The normalized spacial score (nSPS) is 24.6. The van der Waals surface area contributed by atoms with Crippen LogP contribution in [0.25, 0.3) is 0 Å². The van der Waals surface area contributed by atoms with Gasteiger partial charge in [-0.2, -0.15) is 0 Å². The Morgan fingerprint density at radius 3 is 2.55 bits per heavy atom. The summed E-state index contributed by atoms with van der Waals surface area (Å²) in [4.78, 5) is 1.22. The van der Waals surface area contributed by atoms with E-state index in [1.54, 1.807) is 24.3 Å². The van der Waals surface area contributed by atoms with Gasteiger partial charge in [0, 0.05) is 13.0 Å². The SMILES string of the molecule is N=C(CCl)N(Cc1ccccc1)[C@H]1[C@H](O)CCC1(F)F. The van der Waals surface area contributed by atoms with Crippen molar-refractivity contribution in [2.45, 2.75) is 37.5 Å². The van der Waals surface area contributed by atoms with E-state index in [1.165, 1.54) is 4.90 Å². The van der Waals surface area contributed by atoms with Crippen LogP contribution in [0.5, 0.6) is 0 Å². The van der Waals surface area contributed by atoms with Crippen LogP contribution in [0.15, 0.2) is 30.3 Å². The van der Waals surface area contributed by atoms with Crippen molar-refractivity contribution >= 4 is 17.4 Å². The molecule has 1 aliphatic carbocycles. The molecule has 0 amide bonds. The second kappa shape index (κ2) is 6.06. The molecule has 1 aliphatic rings. The molecule has 1 fully saturated rings. The number of alkyl halides is 3. The average Bonchev–Trinajstić information content (AvgIpc) is 2.70. The van der Waals surface area contributed by atoms with E-state index in [-0.39, 0.29) is 31.1 Å². The molecule has 6 heteroatoms. The fourth-order valence-corrected chi connectivity index (χ4v) is 2.74. The third-order valence-electron chi connectivity index (χ3n) is 3.58. The van der Waals surface area contributed by atoms with Gasteiger partial charge in [-0.15, -0.1) is 11.6 Å². The molecule has 0 aliphatic heterocycles. The van der Waals surface area contributed by atoms with Crippen molar-refractivity contribution < 1.29 is 13.9 Å². The first-order valence-electron chi connectivity index (χ1n) is 6.45. The molecule has 2 atom stereocenters. The molecule has 0 radical (unpaired) electrons. The number of halogens is 3. The Labute approximate surface area is 121 Å². The van der Waals surface area contributed by atoms with Crippen LogP contribution in [0.1, 0.15) is 18.4 Å². The zero-order valence-corrected chi connectivity index (χ0v) is 11.7. The Bertz CT molecular complexity index is 470. The monoisotopic (exact) mass is 302 g/mol. The van der Waals surface area contributed by atoms with Crippen LogP contribution in [0, 0.1) is 5.41 Å². The molecule has 0 spiro atoms. The number of rotatable bonds is 4. The van der Waals surface area contributed by atoms with E-state index >= 15 is 0 Å². The highest BCUT2D eigenvalue weighted by molar-refractivity contribution is 6.27. The number of amidine groups is 1. The average molecular weight is 303 g/mol. The molecule has 0 bridgehead atoms. The lowest BCUT2D eigenvalue weighted by Gasteiger charge is -2.35. The molecule has 20 heavy (non-hydrogen) atoms. The Morgan fingerprint density at radius 2 is 2.05 bits per heavy atom. The summed E-state index contributed by atoms with van der Waals surface area (Å²) >= 11 is 5.64. The maximum atomic E-state index is 14.0. The summed E-state index contributed by atoms with van der Waals surface area (Å²) in [6.45, 7) is 0.143. The number of hydrogen-bond acceptors (Lipinski definition) is 2. The van der Waals surface area contributed by atoms with Gasteiger partial charge in [-0.1, -0.05) is 30.3 Å². The van der Waals surface area contributed by atoms with Gasteiger partial charge in [-0.3, -0.25) is 5.41 Å². The van der Waals surface area contributed by atoms with Gasteiger partial charge in [0.2, 0.25) is 0 Å². The van der Waals surface area contributed by atoms with Crippen LogP contribution in [0.2, 0.25) is 0 Å². The first-order valence-corrected chi connectivity index (χ1v) is 6.99. The molecule has 0 aromatic heterocycles. The lowest BCUT2D eigenvalue weighted by Crippen LogP contribution is -2.52. The summed E-state index contributed by atoms with van der Waals surface area (Å²) < 4.78 is 27.9. The second-order valence-electron chi connectivity index (χ2n) is 5.01. The maximum absolute atomic E-state index is 14.0. The second-order valence-corrected chi connectivity index (χ2v) is 5.27. The van der Waals surface area contributed by atoms with Crippen molar-refractivity contribution in [3.63, 3.8) is 0 Å². The molecule has 1 aromatic carbocycles. The lowest BCUT2D eigenvalue weighted by molar-refractivity contribution is -0.0688. The van der Waals surface area contributed by atoms with Crippen LogP contribution in [-0.4, -0.2) is 39.8 Å². The fourth-order valence-electron chi connectivity index (χ4n) is 2.58. The summed E-state index contributed by atoms with van der Waals surface area (Å²) in [6, 6.07) is 7.66. The van der Waals surface area contributed by atoms with Crippen molar-refractivity contribution in [3.05, 3.63) is 35.9 Å². The number of benzene rings is 1.